The molecule has 2 aromatic carbocycles. The van der Waals surface area contributed by atoms with E-state index in [0.717, 1.165) is 31.0 Å². The van der Waals surface area contributed by atoms with Crippen LogP contribution in [0, 0.1) is 17.6 Å². The van der Waals surface area contributed by atoms with Crippen LogP contribution in [0.3, 0.4) is 0 Å². The molecule has 0 spiro atoms. The maximum Gasteiger partial charge on any atom is 0.159 e. The minimum absolute atomic E-state index is 0.162. The van der Waals surface area contributed by atoms with Crippen molar-refractivity contribution < 1.29 is 8.78 Å². The Morgan fingerprint density at radius 3 is 2.61 bits per heavy atom. The molecule has 1 nitrogen and oxygen atoms in total. The summed E-state index contributed by atoms with van der Waals surface area (Å²) in [6.45, 7) is 2.08. The zero-order valence-electron chi connectivity index (χ0n) is 12.8. The lowest BCUT2D eigenvalue weighted by molar-refractivity contribution is 0.506. The predicted molar refractivity (Wildman–Crippen MR) is 91.0 cm³/mol. The van der Waals surface area contributed by atoms with Gasteiger partial charge in [-0.15, -0.1) is 11.8 Å². The first kappa shape index (κ1) is 15.0. The van der Waals surface area contributed by atoms with Crippen LogP contribution in [0.15, 0.2) is 47.4 Å². The van der Waals surface area contributed by atoms with E-state index in [-0.39, 0.29) is 5.25 Å². The third-order valence-corrected chi connectivity index (χ3v) is 6.02. The molecule has 0 aromatic heterocycles. The molecule has 0 N–H and O–H groups in total. The van der Waals surface area contributed by atoms with E-state index in [4.69, 9.17) is 0 Å². The molecule has 1 heterocycles. The maximum atomic E-state index is 13.6. The Morgan fingerprint density at radius 1 is 1.00 bits per heavy atom. The molecule has 1 aliphatic heterocycles. The molecular formula is C19H19F2NS. The van der Waals surface area contributed by atoms with Gasteiger partial charge in [-0.05, 0) is 55.0 Å². The summed E-state index contributed by atoms with van der Waals surface area (Å²) in [6, 6.07) is 12.8. The van der Waals surface area contributed by atoms with E-state index in [1.807, 2.05) is 0 Å². The summed E-state index contributed by atoms with van der Waals surface area (Å²) in [6.07, 6.45) is 3.61. The monoisotopic (exact) mass is 331 g/mol. The molecule has 1 saturated carbocycles. The van der Waals surface area contributed by atoms with Gasteiger partial charge in [0.25, 0.3) is 0 Å². The second kappa shape index (κ2) is 6.16. The van der Waals surface area contributed by atoms with E-state index >= 15 is 0 Å². The summed E-state index contributed by atoms with van der Waals surface area (Å²) in [5.41, 5.74) is 2.16. The summed E-state index contributed by atoms with van der Waals surface area (Å²) in [4.78, 5) is 3.71. The van der Waals surface area contributed by atoms with E-state index in [2.05, 4.69) is 29.2 Å². The Balaban J connectivity index is 1.63. The van der Waals surface area contributed by atoms with E-state index in [1.54, 1.807) is 17.8 Å². The highest BCUT2D eigenvalue weighted by Crippen LogP contribution is 2.46. The minimum atomic E-state index is -0.775. The van der Waals surface area contributed by atoms with Crippen LogP contribution in [-0.2, 0) is 0 Å². The largest absolute Gasteiger partial charge is 0.370 e. The Hall–Kier alpha value is -1.55. The Morgan fingerprint density at radius 2 is 1.83 bits per heavy atom. The number of thioether (sulfide) groups is 1. The molecule has 0 saturated heterocycles. The molecule has 2 aromatic rings. The van der Waals surface area contributed by atoms with Gasteiger partial charge in [-0.3, -0.25) is 0 Å². The van der Waals surface area contributed by atoms with Crippen LogP contribution in [-0.4, -0.2) is 13.1 Å². The van der Waals surface area contributed by atoms with Gasteiger partial charge >= 0.3 is 0 Å². The molecule has 0 unspecified atom stereocenters. The van der Waals surface area contributed by atoms with E-state index in [0.29, 0.717) is 0 Å². The van der Waals surface area contributed by atoms with E-state index in [9.17, 15) is 8.78 Å². The van der Waals surface area contributed by atoms with Crippen molar-refractivity contribution in [1.29, 1.82) is 0 Å². The molecule has 4 rings (SSSR count). The van der Waals surface area contributed by atoms with Gasteiger partial charge in [-0.25, -0.2) is 8.78 Å². The smallest absolute Gasteiger partial charge is 0.159 e. The number of hydrogen-bond acceptors (Lipinski definition) is 2. The highest BCUT2D eigenvalue weighted by atomic mass is 32.2. The zero-order chi connectivity index (χ0) is 15.8. The molecule has 2 aliphatic rings. The molecular weight excluding hydrogens is 312 g/mol. The van der Waals surface area contributed by atoms with Gasteiger partial charge in [0.05, 0.1) is 5.69 Å². The highest BCUT2D eigenvalue weighted by Gasteiger charge is 2.28. The zero-order valence-corrected chi connectivity index (χ0v) is 13.7. The Labute approximate surface area is 139 Å². The van der Waals surface area contributed by atoms with Crippen molar-refractivity contribution in [3.05, 3.63) is 59.7 Å². The van der Waals surface area contributed by atoms with Crippen molar-refractivity contribution in [2.45, 2.75) is 29.4 Å². The molecule has 0 amide bonds. The third-order valence-electron chi connectivity index (χ3n) is 4.63. The first-order valence-electron chi connectivity index (χ1n) is 8.16. The third kappa shape index (κ3) is 3.23. The topological polar surface area (TPSA) is 3.24 Å². The van der Waals surface area contributed by atoms with Crippen LogP contribution in [0.25, 0.3) is 0 Å². The molecule has 120 valence electrons. The molecule has 1 aliphatic carbocycles. The molecule has 4 heteroatoms. The number of hydrogen-bond donors (Lipinski definition) is 0. The maximum absolute atomic E-state index is 13.6. The van der Waals surface area contributed by atoms with Crippen molar-refractivity contribution >= 4 is 17.4 Å². The average Bonchev–Trinajstić information content (AvgIpc) is 3.38. The van der Waals surface area contributed by atoms with Crippen LogP contribution in [0.1, 0.15) is 30.1 Å². The SMILES string of the molecule is Fc1ccc([C@H]2CCN(CC3CC3)c3ccccc3S2)cc1F. The number of anilines is 1. The Bertz CT molecular complexity index is 714. The van der Waals surface area contributed by atoms with E-state index in [1.165, 1.54) is 35.6 Å². The van der Waals surface area contributed by atoms with Crippen LogP contribution >= 0.6 is 11.8 Å². The van der Waals surface area contributed by atoms with Crippen molar-refractivity contribution in [2.24, 2.45) is 5.92 Å². The van der Waals surface area contributed by atoms with Crippen molar-refractivity contribution in [3.8, 4) is 0 Å². The number of fused-ring (bicyclic) bond motifs is 1. The van der Waals surface area contributed by atoms with Gasteiger partial charge < -0.3 is 4.90 Å². The summed E-state index contributed by atoms with van der Waals surface area (Å²) in [5.74, 6) is -0.702. The molecule has 1 atom stereocenters. The first-order chi connectivity index (χ1) is 11.2. The second-order valence-electron chi connectivity index (χ2n) is 6.43. The summed E-state index contributed by atoms with van der Waals surface area (Å²) in [7, 11) is 0. The van der Waals surface area contributed by atoms with Crippen molar-refractivity contribution in [1.82, 2.24) is 0 Å². The van der Waals surface area contributed by atoms with Gasteiger partial charge in [0.2, 0.25) is 0 Å². The van der Waals surface area contributed by atoms with Crippen LogP contribution in [0.5, 0.6) is 0 Å². The Kier molecular flexibility index (Phi) is 4.02. The highest BCUT2D eigenvalue weighted by molar-refractivity contribution is 7.99. The lowest BCUT2D eigenvalue weighted by Gasteiger charge is -2.24. The van der Waals surface area contributed by atoms with Crippen LogP contribution in [0.2, 0.25) is 0 Å². The normalized spacial score (nSPS) is 21.0. The van der Waals surface area contributed by atoms with Crippen LogP contribution in [0.4, 0.5) is 14.5 Å². The quantitative estimate of drug-likeness (QED) is 0.739. The fraction of sp³-hybridized carbons (Fsp3) is 0.368. The number of benzene rings is 2. The average molecular weight is 331 g/mol. The van der Waals surface area contributed by atoms with Crippen LogP contribution < -0.4 is 4.90 Å². The van der Waals surface area contributed by atoms with Crippen molar-refractivity contribution in [3.63, 3.8) is 0 Å². The number of rotatable bonds is 3. The number of halogens is 2. The van der Waals surface area contributed by atoms with Gasteiger partial charge in [0.15, 0.2) is 11.6 Å². The predicted octanol–water partition coefficient (Wildman–Crippen LogP) is 5.42. The molecule has 0 radical (unpaired) electrons. The first-order valence-corrected chi connectivity index (χ1v) is 9.04. The fourth-order valence-corrected chi connectivity index (χ4v) is 4.46. The lowest BCUT2D eigenvalue weighted by atomic mass is 10.1. The lowest BCUT2D eigenvalue weighted by Crippen LogP contribution is -2.26. The number of nitrogens with zero attached hydrogens (tertiary/aromatic N) is 1. The second-order valence-corrected chi connectivity index (χ2v) is 7.67. The summed E-state index contributed by atoms with van der Waals surface area (Å²) < 4.78 is 26.8. The summed E-state index contributed by atoms with van der Waals surface area (Å²) >= 11 is 1.77. The van der Waals surface area contributed by atoms with Crippen molar-refractivity contribution in [2.75, 3.05) is 18.0 Å². The molecule has 1 fully saturated rings. The van der Waals surface area contributed by atoms with Gasteiger partial charge in [0.1, 0.15) is 0 Å². The fourth-order valence-electron chi connectivity index (χ4n) is 3.17. The van der Waals surface area contributed by atoms with E-state index < -0.39 is 11.6 Å². The van der Waals surface area contributed by atoms with Gasteiger partial charge in [0, 0.05) is 23.2 Å². The number of para-hydroxylation sites is 1. The molecule has 0 bridgehead atoms. The van der Waals surface area contributed by atoms with Gasteiger partial charge in [-0.2, -0.15) is 0 Å². The minimum Gasteiger partial charge on any atom is -0.370 e. The standard InChI is InChI=1S/C19H19F2NS/c20-15-8-7-14(11-16(15)21)18-9-10-22(12-13-5-6-13)17-3-1-2-4-19(17)23-18/h1-4,7-8,11,13,18H,5-6,9-10,12H2/t18-/m1/s1. The molecule has 23 heavy (non-hydrogen) atoms. The van der Waals surface area contributed by atoms with Gasteiger partial charge in [-0.1, -0.05) is 18.2 Å². The summed E-state index contributed by atoms with van der Waals surface area (Å²) in [5, 5.41) is 0.162.